The summed E-state index contributed by atoms with van der Waals surface area (Å²) in [4.78, 5) is 4.89. The molecule has 2 heterocycles. The zero-order valence-electron chi connectivity index (χ0n) is 9.29. The van der Waals surface area contributed by atoms with Gasteiger partial charge in [-0.3, -0.25) is 9.56 Å². The Balaban J connectivity index is 2.13. The number of furan rings is 1. The Hall–Kier alpha value is -1.40. The molecular weight excluding hydrogens is 256 g/mol. The van der Waals surface area contributed by atoms with Crippen LogP contribution in [0.3, 0.4) is 0 Å². The number of hydrogen-bond acceptors (Lipinski definition) is 5. The zero-order chi connectivity index (χ0) is 12.3. The van der Waals surface area contributed by atoms with Crippen LogP contribution in [-0.2, 0) is 13.1 Å². The summed E-state index contributed by atoms with van der Waals surface area (Å²) >= 11 is 6.48. The summed E-state index contributed by atoms with van der Waals surface area (Å²) in [5.41, 5.74) is 0. The van der Waals surface area contributed by atoms with Crippen molar-refractivity contribution in [3.63, 3.8) is 0 Å². The molecule has 0 aliphatic rings. The first-order valence-electron chi connectivity index (χ1n) is 5.17. The first-order chi connectivity index (χ1) is 8.22. The number of aromatic hydroxyl groups is 1. The van der Waals surface area contributed by atoms with Gasteiger partial charge >= 0.3 is 0 Å². The molecular formula is C11H12N2O2S2. The van der Waals surface area contributed by atoms with Crippen molar-refractivity contribution in [2.24, 2.45) is 4.99 Å². The van der Waals surface area contributed by atoms with Crippen LogP contribution in [-0.4, -0.2) is 15.9 Å². The fraction of sp³-hybridized carbons (Fsp3) is 0.273. The third-order valence-corrected chi connectivity index (χ3v) is 3.62. The molecule has 0 spiro atoms. The van der Waals surface area contributed by atoms with Crippen molar-refractivity contribution in [3.8, 4) is 5.88 Å². The molecule has 4 nitrogen and oxygen atoms in total. The highest BCUT2D eigenvalue weighted by Gasteiger charge is 2.07. The van der Waals surface area contributed by atoms with E-state index in [1.54, 1.807) is 17.0 Å². The molecule has 0 aliphatic carbocycles. The molecule has 0 radical (unpaired) electrons. The standard InChI is InChI=1S/C11H12N2O2S2/c1-2-13-10(14)9(17-11(13)16)7-12-6-8-4-3-5-15-8/h3-5,7,14H,2,6H2,1H3. The summed E-state index contributed by atoms with van der Waals surface area (Å²) in [7, 11) is 0. The highest BCUT2D eigenvalue weighted by atomic mass is 32.1. The van der Waals surface area contributed by atoms with Gasteiger partial charge in [0.2, 0.25) is 5.88 Å². The summed E-state index contributed by atoms with van der Waals surface area (Å²) in [6, 6.07) is 3.68. The number of hydrogen-bond donors (Lipinski definition) is 1. The Bertz CT molecular complexity index is 567. The van der Waals surface area contributed by atoms with E-state index in [1.807, 2.05) is 19.1 Å². The first kappa shape index (κ1) is 12.1. The van der Waals surface area contributed by atoms with E-state index < -0.39 is 0 Å². The Kier molecular flexibility index (Phi) is 3.75. The van der Waals surface area contributed by atoms with Crippen LogP contribution in [0.5, 0.6) is 5.88 Å². The highest BCUT2D eigenvalue weighted by molar-refractivity contribution is 7.73. The first-order valence-corrected chi connectivity index (χ1v) is 6.39. The number of rotatable bonds is 4. The molecule has 2 aromatic rings. The van der Waals surface area contributed by atoms with Crippen molar-refractivity contribution in [1.82, 2.24) is 4.57 Å². The molecule has 0 saturated carbocycles. The molecule has 1 N–H and O–H groups in total. The van der Waals surface area contributed by atoms with Gasteiger partial charge < -0.3 is 9.52 Å². The van der Waals surface area contributed by atoms with Gasteiger partial charge in [-0.05, 0) is 31.3 Å². The van der Waals surface area contributed by atoms with Crippen LogP contribution in [0.4, 0.5) is 0 Å². The lowest BCUT2D eigenvalue weighted by Crippen LogP contribution is -1.92. The van der Waals surface area contributed by atoms with Crippen LogP contribution < -0.4 is 0 Å². The Morgan fingerprint density at radius 2 is 2.47 bits per heavy atom. The van der Waals surface area contributed by atoms with Gasteiger partial charge in [0.05, 0.1) is 12.8 Å². The van der Waals surface area contributed by atoms with Crippen molar-refractivity contribution in [2.45, 2.75) is 20.0 Å². The van der Waals surface area contributed by atoms with Gasteiger partial charge in [-0.2, -0.15) is 0 Å². The van der Waals surface area contributed by atoms with Gasteiger partial charge in [0.15, 0.2) is 3.95 Å². The van der Waals surface area contributed by atoms with E-state index in [4.69, 9.17) is 16.6 Å². The molecule has 0 saturated heterocycles. The second kappa shape index (κ2) is 5.29. The Labute approximate surface area is 108 Å². The van der Waals surface area contributed by atoms with Crippen molar-refractivity contribution >= 4 is 29.8 Å². The zero-order valence-corrected chi connectivity index (χ0v) is 10.9. The third-order valence-electron chi connectivity index (χ3n) is 2.25. The minimum atomic E-state index is 0.186. The second-order valence-corrected chi connectivity index (χ2v) is 5.03. The van der Waals surface area contributed by atoms with Gasteiger partial charge in [-0.25, -0.2) is 0 Å². The molecule has 17 heavy (non-hydrogen) atoms. The molecule has 0 aliphatic heterocycles. The summed E-state index contributed by atoms with van der Waals surface area (Å²) < 4.78 is 7.48. The fourth-order valence-electron chi connectivity index (χ4n) is 1.40. The largest absolute Gasteiger partial charge is 0.493 e. The van der Waals surface area contributed by atoms with E-state index in [0.29, 0.717) is 21.9 Å². The fourth-order valence-corrected chi connectivity index (χ4v) is 2.73. The van der Waals surface area contributed by atoms with Crippen LogP contribution in [0.1, 0.15) is 17.6 Å². The molecule has 0 bridgehead atoms. The number of aliphatic imine (C=N–C) groups is 1. The van der Waals surface area contributed by atoms with Gasteiger partial charge in [0.1, 0.15) is 10.6 Å². The summed E-state index contributed by atoms with van der Waals surface area (Å²) in [6.07, 6.45) is 3.24. The summed E-state index contributed by atoms with van der Waals surface area (Å²) in [6.45, 7) is 3.06. The van der Waals surface area contributed by atoms with Crippen LogP contribution in [0.25, 0.3) is 0 Å². The molecule has 0 fully saturated rings. The quantitative estimate of drug-likeness (QED) is 0.684. The van der Waals surface area contributed by atoms with E-state index >= 15 is 0 Å². The molecule has 0 amide bonds. The number of nitrogens with zero attached hydrogens (tertiary/aromatic N) is 2. The lowest BCUT2D eigenvalue weighted by Gasteiger charge is -1.97. The lowest BCUT2D eigenvalue weighted by molar-refractivity contribution is 0.419. The van der Waals surface area contributed by atoms with Crippen LogP contribution in [0, 0.1) is 3.95 Å². The van der Waals surface area contributed by atoms with Crippen molar-refractivity contribution in [2.75, 3.05) is 0 Å². The minimum Gasteiger partial charge on any atom is -0.493 e. The van der Waals surface area contributed by atoms with Crippen molar-refractivity contribution in [1.29, 1.82) is 0 Å². The maximum Gasteiger partial charge on any atom is 0.212 e. The molecule has 2 rings (SSSR count). The normalized spacial score (nSPS) is 11.4. The minimum absolute atomic E-state index is 0.186. The van der Waals surface area contributed by atoms with Gasteiger partial charge in [0, 0.05) is 12.8 Å². The lowest BCUT2D eigenvalue weighted by atomic mass is 10.4. The van der Waals surface area contributed by atoms with E-state index in [2.05, 4.69) is 4.99 Å². The van der Waals surface area contributed by atoms with E-state index in [9.17, 15) is 5.11 Å². The van der Waals surface area contributed by atoms with Gasteiger partial charge in [0.25, 0.3) is 0 Å². The third kappa shape index (κ3) is 2.65. The monoisotopic (exact) mass is 268 g/mol. The van der Waals surface area contributed by atoms with E-state index in [0.717, 1.165) is 5.76 Å². The van der Waals surface area contributed by atoms with Crippen LogP contribution in [0.2, 0.25) is 0 Å². The molecule has 0 unspecified atom stereocenters. The smallest absolute Gasteiger partial charge is 0.212 e. The SMILES string of the molecule is CCn1c(O)c(C=NCc2ccco2)sc1=S. The van der Waals surface area contributed by atoms with Gasteiger partial charge in [-0.15, -0.1) is 0 Å². The molecule has 0 aromatic carbocycles. The molecule has 0 atom stereocenters. The topological polar surface area (TPSA) is 50.7 Å². The maximum atomic E-state index is 9.86. The predicted octanol–water partition coefficient (Wildman–Crippen LogP) is 3.22. The van der Waals surface area contributed by atoms with Crippen LogP contribution in [0.15, 0.2) is 27.8 Å². The van der Waals surface area contributed by atoms with E-state index in [1.165, 1.54) is 11.3 Å². The molecule has 2 aromatic heterocycles. The van der Waals surface area contributed by atoms with Crippen LogP contribution >= 0.6 is 23.6 Å². The maximum absolute atomic E-state index is 9.86. The average Bonchev–Trinajstić information content (AvgIpc) is 2.89. The Morgan fingerprint density at radius 1 is 1.65 bits per heavy atom. The van der Waals surface area contributed by atoms with Crippen molar-refractivity contribution in [3.05, 3.63) is 33.0 Å². The summed E-state index contributed by atoms with van der Waals surface area (Å²) in [5, 5.41) is 9.86. The molecule has 90 valence electrons. The average molecular weight is 268 g/mol. The number of aromatic nitrogens is 1. The molecule has 6 heteroatoms. The van der Waals surface area contributed by atoms with Crippen molar-refractivity contribution < 1.29 is 9.52 Å². The van der Waals surface area contributed by atoms with Gasteiger partial charge in [-0.1, -0.05) is 11.3 Å². The predicted molar refractivity (Wildman–Crippen MR) is 70.5 cm³/mol. The number of thiazole rings is 1. The second-order valence-electron chi connectivity index (χ2n) is 3.35. The highest BCUT2D eigenvalue weighted by Crippen LogP contribution is 2.24. The summed E-state index contributed by atoms with van der Waals surface area (Å²) in [5.74, 6) is 0.977. The Morgan fingerprint density at radius 3 is 3.06 bits per heavy atom. The van der Waals surface area contributed by atoms with E-state index in [-0.39, 0.29) is 5.88 Å².